The van der Waals surface area contributed by atoms with Crippen molar-refractivity contribution in [1.29, 1.82) is 0 Å². The molecular formula is C38H35NO3S. The van der Waals surface area contributed by atoms with Gasteiger partial charge in [-0.25, -0.2) is 0 Å². The summed E-state index contributed by atoms with van der Waals surface area (Å²) in [5, 5.41) is 9.96. The van der Waals surface area contributed by atoms with Crippen molar-refractivity contribution in [3.05, 3.63) is 130 Å². The first-order valence-corrected chi connectivity index (χ1v) is 15.7. The van der Waals surface area contributed by atoms with Gasteiger partial charge in [-0.2, -0.15) is 0 Å². The fourth-order valence-corrected chi connectivity index (χ4v) is 6.92. The average molecular weight is 586 g/mol. The minimum atomic E-state index is -0.822. The summed E-state index contributed by atoms with van der Waals surface area (Å²) in [6.07, 6.45) is 2.06. The summed E-state index contributed by atoms with van der Waals surface area (Å²) in [4.78, 5) is 12.1. The van der Waals surface area contributed by atoms with Gasteiger partial charge in [-0.1, -0.05) is 102 Å². The first-order valence-electron chi connectivity index (χ1n) is 14.5. The van der Waals surface area contributed by atoms with Gasteiger partial charge in [-0.15, -0.1) is 0 Å². The van der Waals surface area contributed by atoms with Crippen LogP contribution in [0.25, 0.3) is 33.4 Å². The van der Waals surface area contributed by atoms with Gasteiger partial charge < -0.3 is 14.1 Å². The molecule has 1 N–H and O–H groups in total. The minimum absolute atomic E-state index is 0.0234. The third-order valence-electron chi connectivity index (χ3n) is 8.36. The fourth-order valence-electron chi connectivity index (χ4n) is 6.24. The molecule has 4 nitrogen and oxygen atoms in total. The number of para-hydroxylation sites is 1. The number of nitrogens with zero attached hydrogens (tertiary/aromatic N) is 1. The molecule has 0 fully saturated rings. The Balaban J connectivity index is 1.53. The van der Waals surface area contributed by atoms with Crippen molar-refractivity contribution in [2.24, 2.45) is 0 Å². The van der Waals surface area contributed by atoms with Gasteiger partial charge in [-0.05, 0) is 83.0 Å². The predicted octanol–water partition coefficient (Wildman–Crippen LogP) is 9.42. The van der Waals surface area contributed by atoms with Crippen molar-refractivity contribution in [2.75, 3.05) is 10.6 Å². The zero-order chi connectivity index (χ0) is 30.1. The highest BCUT2D eigenvalue weighted by atomic mass is 32.2. The number of carbonyl (C=O) groups is 1. The number of carboxylic acid groups (broad SMARTS) is 1. The highest BCUT2D eigenvalue weighted by Gasteiger charge is 2.30. The first kappa shape index (κ1) is 28.6. The van der Waals surface area contributed by atoms with Crippen molar-refractivity contribution < 1.29 is 14.6 Å². The Morgan fingerprint density at radius 2 is 1.51 bits per heavy atom. The van der Waals surface area contributed by atoms with Crippen LogP contribution in [0.1, 0.15) is 33.4 Å². The van der Waals surface area contributed by atoms with E-state index in [-0.39, 0.29) is 6.42 Å². The Morgan fingerprint density at radius 3 is 2.23 bits per heavy atom. The normalized spacial score (nSPS) is 12.0. The summed E-state index contributed by atoms with van der Waals surface area (Å²) in [7, 11) is 0. The molecule has 0 saturated heterocycles. The monoisotopic (exact) mass is 585 g/mol. The lowest BCUT2D eigenvalue weighted by molar-refractivity contribution is -0.136. The molecule has 5 aromatic carbocycles. The number of aliphatic carboxylic acids is 1. The van der Waals surface area contributed by atoms with Crippen LogP contribution < -0.4 is 9.04 Å². The lowest BCUT2D eigenvalue weighted by Crippen LogP contribution is -2.22. The standard InChI is InChI=1S/C38H35NO3S/c1-24-14-16-28(17-15-24)36-26(3)37-33-20-29(31-12-8-9-13-34(31)42-23-27-10-6-5-7-11-27)18-19-30(33)22-39(43-4)38(37)25(2)32(36)21-35(40)41/h5-20H,21-23H2,1-4H3,(H,40,41). The molecular weight excluding hydrogens is 550 g/mol. The van der Waals surface area contributed by atoms with E-state index < -0.39 is 5.97 Å². The van der Waals surface area contributed by atoms with Gasteiger partial charge in [0.05, 0.1) is 18.7 Å². The second kappa shape index (κ2) is 12.0. The number of aryl methyl sites for hydroxylation is 1. The smallest absolute Gasteiger partial charge is 0.307 e. The van der Waals surface area contributed by atoms with Crippen molar-refractivity contribution in [1.82, 2.24) is 0 Å². The average Bonchev–Trinajstić information content (AvgIpc) is 3.02. The van der Waals surface area contributed by atoms with Crippen molar-refractivity contribution in [2.45, 2.75) is 40.3 Å². The van der Waals surface area contributed by atoms with Crippen LogP contribution in [0.3, 0.4) is 0 Å². The topological polar surface area (TPSA) is 49.8 Å². The first-order chi connectivity index (χ1) is 20.9. The molecule has 1 aliphatic rings. The summed E-state index contributed by atoms with van der Waals surface area (Å²) in [5.41, 5.74) is 14.2. The fraction of sp³-hybridized carbons (Fsp3) is 0.184. The van der Waals surface area contributed by atoms with Gasteiger partial charge in [-0.3, -0.25) is 4.79 Å². The molecule has 0 unspecified atom stereocenters. The summed E-state index contributed by atoms with van der Waals surface area (Å²) in [6.45, 7) is 7.54. The van der Waals surface area contributed by atoms with E-state index in [0.29, 0.717) is 6.61 Å². The zero-order valence-corrected chi connectivity index (χ0v) is 25.8. The van der Waals surface area contributed by atoms with Crippen LogP contribution in [0, 0.1) is 20.8 Å². The van der Waals surface area contributed by atoms with E-state index in [1.165, 1.54) is 22.3 Å². The van der Waals surface area contributed by atoms with E-state index in [9.17, 15) is 9.90 Å². The molecule has 0 saturated carbocycles. The molecule has 0 spiro atoms. The van der Waals surface area contributed by atoms with E-state index in [2.05, 4.69) is 98.1 Å². The Labute approximate surface area is 258 Å². The zero-order valence-electron chi connectivity index (χ0n) is 25.0. The predicted molar refractivity (Wildman–Crippen MR) is 179 cm³/mol. The molecule has 6 rings (SSSR count). The molecule has 43 heavy (non-hydrogen) atoms. The van der Waals surface area contributed by atoms with Crippen LogP contribution in [0.2, 0.25) is 0 Å². The Hall–Kier alpha value is -4.48. The van der Waals surface area contributed by atoms with E-state index >= 15 is 0 Å². The summed E-state index contributed by atoms with van der Waals surface area (Å²) in [6, 6.07) is 33.6. The molecule has 0 bridgehead atoms. The Morgan fingerprint density at radius 1 is 0.814 bits per heavy atom. The third-order valence-corrected chi connectivity index (χ3v) is 9.12. The van der Waals surface area contributed by atoms with Gasteiger partial charge in [0.2, 0.25) is 0 Å². The van der Waals surface area contributed by atoms with Crippen LogP contribution in [0.15, 0.2) is 97.1 Å². The second-order valence-electron chi connectivity index (χ2n) is 11.1. The maximum absolute atomic E-state index is 12.1. The van der Waals surface area contributed by atoms with Crippen LogP contribution in [-0.2, 0) is 24.4 Å². The summed E-state index contributed by atoms with van der Waals surface area (Å²) in [5.74, 6) is 0.0234. The van der Waals surface area contributed by atoms with Crippen molar-refractivity contribution in [3.8, 4) is 39.1 Å². The highest BCUT2D eigenvalue weighted by Crippen LogP contribution is 2.51. The summed E-state index contributed by atoms with van der Waals surface area (Å²) >= 11 is 1.68. The molecule has 0 aromatic heterocycles. The van der Waals surface area contributed by atoms with Gasteiger partial charge in [0.25, 0.3) is 0 Å². The van der Waals surface area contributed by atoms with Crippen molar-refractivity contribution >= 4 is 23.6 Å². The van der Waals surface area contributed by atoms with Crippen LogP contribution in [0.4, 0.5) is 5.69 Å². The number of benzene rings is 5. The molecule has 0 atom stereocenters. The molecule has 0 amide bonds. The lowest BCUT2D eigenvalue weighted by atomic mass is 9.80. The van der Waals surface area contributed by atoms with E-state index in [0.717, 1.165) is 62.5 Å². The van der Waals surface area contributed by atoms with Gasteiger partial charge in [0, 0.05) is 17.4 Å². The highest BCUT2D eigenvalue weighted by molar-refractivity contribution is 7.99. The number of carboxylic acids is 1. The number of fused-ring (bicyclic) bond motifs is 3. The number of hydrogen-bond donors (Lipinski definition) is 1. The van der Waals surface area contributed by atoms with E-state index in [1.54, 1.807) is 11.9 Å². The van der Waals surface area contributed by atoms with Crippen LogP contribution >= 0.6 is 11.9 Å². The lowest BCUT2D eigenvalue weighted by Gasteiger charge is -2.36. The summed E-state index contributed by atoms with van der Waals surface area (Å²) < 4.78 is 8.65. The Bertz CT molecular complexity index is 1810. The maximum Gasteiger partial charge on any atom is 0.307 e. The number of hydrogen-bond acceptors (Lipinski definition) is 4. The molecule has 1 heterocycles. The van der Waals surface area contributed by atoms with E-state index in [1.807, 2.05) is 30.3 Å². The van der Waals surface area contributed by atoms with Gasteiger partial charge >= 0.3 is 5.97 Å². The van der Waals surface area contributed by atoms with E-state index in [4.69, 9.17) is 4.74 Å². The van der Waals surface area contributed by atoms with Gasteiger partial charge in [0.1, 0.15) is 12.4 Å². The molecule has 5 heteroatoms. The number of rotatable bonds is 8. The largest absolute Gasteiger partial charge is 0.488 e. The third kappa shape index (κ3) is 5.53. The molecule has 0 radical (unpaired) electrons. The Kier molecular flexibility index (Phi) is 8.00. The molecule has 1 aliphatic heterocycles. The number of ether oxygens (including phenoxy) is 1. The van der Waals surface area contributed by atoms with Crippen molar-refractivity contribution in [3.63, 3.8) is 0 Å². The van der Waals surface area contributed by atoms with Gasteiger partial charge in [0.15, 0.2) is 0 Å². The minimum Gasteiger partial charge on any atom is -0.488 e. The SMILES string of the molecule is CSN1Cc2ccc(-c3ccccc3OCc3ccccc3)cc2-c2c(C)c(-c3ccc(C)cc3)c(CC(=O)O)c(C)c21. The number of anilines is 1. The maximum atomic E-state index is 12.1. The second-order valence-corrected chi connectivity index (χ2v) is 11.9. The molecule has 216 valence electrons. The molecule has 0 aliphatic carbocycles. The molecule has 5 aromatic rings. The quantitative estimate of drug-likeness (QED) is 0.184. The van der Waals surface area contributed by atoms with Crippen LogP contribution in [0.5, 0.6) is 5.75 Å². The van der Waals surface area contributed by atoms with Crippen LogP contribution in [-0.4, -0.2) is 17.3 Å².